The van der Waals surface area contributed by atoms with Gasteiger partial charge in [0.15, 0.2) is 0 Å². The summed E-state index contributed by atoms with van der Waals surface area (Å²) < 4.78 is 10.3. The quantitative estimate of drug-likeness (QED) is 0.777. The Kier molecular flexibility index (Phi) is 5.09. The Morgan fingerprint density at radius 2 is 2.06 bits per heavy atom. The highest BCUT2D eigenvalue weighted by atomic mass is 16.5. The van der Waals surface area contributed by atoms with Crippen molar-refractivity contribution in [2.24, 2.45) is 5.73 Å². The third-order valence-electron chi connectivity index (χ3n) is 2.51. The van der Waals surface area contributed by atoms with Crippen molar-refractivity contribution in [1.82, 2.24) is 0 Å². The predicted molar refractivity (Wildman–Crippen MR) is 62.6 cm³/mol. The van der Waals surface area contributed by atoms with Gasteiger partial charge in [-0.2, -0.15) is 0 Å². The van der Waals surface area contributed by atoms with Crippen molar-refractivity contribution < 1.29 is 19.4 Å². The number of hydrogen-bond acceptors (Lipinski definition) is 4. The van der Waals surface area contributed by atoms with Crippen LogP contribution in [0.4, 0.5) is 0 Å². The monoisotopic (exact) mass is 239 g/mol. The van der Waals surface area contributed by atoms with E-state index in [0.717, 1.165) is 5.56 Å². The number of benzene rings is 1. The second kappa shape index (κ2) is 6.34. The first-order valence-corrected chi connectivity index (χ1v) is 5.20. The van der Waals surface area contributed by atoms with Gasteiger partial charge in [-0.05, 0) is 11.1 Å². The van der Waals surface area contributed by atoms with Gasteiger partial charge >= 0.3 is 5.97 Å². The van der Waals surface area contributed by atoms with Crippen LogP contribution in [0.2, 0.25) is 0 Å². The van der Waals surface area contributed by atoms with Gasteiger partial charge in [-0.1, -0.05) is 24.3 Å². The van der Waals surface area contributed by atoms with Crippen LogP contribution in [-0.4, -0.2) is 31.9 Å². The summed E-state index contributed by atoms with van der Waals surface area (Å²) >= 11 is 0. The number of nitrogens with two attached hydrogens (primary N) is 1. The Bertz CT molecular complexity index is 381. The Labute approximate surface area is 100 Å². The number of aliphatic carboxylic acids is 1. The molecule has 3 N–H and O–H groups in total. The summed E-state index contributed by atoms with van der Waals surface area (Å²) in [6.07, 6.45) is -0.221. The predicted octanol–water partition coefficient (Wildman–Crippen LogP) is 1.10. The molecule has 0 saturated carbocycles. The molecule has 94 valence electrons. The SMILES string of the molecule is COCC(OC)c1cccc(C(N)C(=O)O)c1. The van der Waals surface area contributed by atoms with Gasteiger partial charge in [-0.25, -0.2) is 0 Å². The molecule has 2 unspecified atom stereocenters. The molecule has 1 aromatic rings. The zero-order chi connectivity index (χ0) is 12.8. The molecule has 0 bridgehead atoms. The van der Waals surface area contributed by atoms with Crippen molar-refractivity contribution in [2.75, 3.05) is 20.8 Å². The topological polar surface area (TPSA) is 81.8 Å². The summed E-state index contributed by atoms with van der Waals surface area (Å²) in [6.45, 7) is 0.405. The molecule has 2 atom stereocenters. The third-order valence-corrected chi connectivity index (χ3v) is 2.51. The molecule has 1 rings (SSSR count). The molecular weight excluding hydrogens is 222 g/mol. The minimum Gasteiger partial charge on any atom is -0.480 e. The number of methoxy groups -OCH3 is 2. The Hall–Kier alpha value is -1.43. The zero-order valence-corrected chi connectivity index (χ0v) is 9.92. The van der Waals surface area contributed by atoms with E-state index in [-0.39, 0.29) is 6.10 Å². The first-order valence-electron chi connectivity index (χ1n) is 5.20. The molecule has 0 aliphatic heterocycles. The van der Waals surface area contributed by atoms with Crippen LogP contribution >= 0.6 is 0 Å². The molecule has 5 nitrogen and oxygen atoms in total. The molecule has 0 saturated heterocycles. The largest absolute Gasteiger partial charge is 0.480 e. The van der Waals surface area contributed by atoms with Crippen molar-refractivity contribution in [1.29, 1.82) is 0 Å². The van der Waals surface area contributed by atoms with Crippen molar-refractivity contribution in [3.63, 3.8) is 0 Å². The average molecular weight is 239 g/mol. The smallest absolute Gasteiger partial charge is 0.325 e. The normalized spacial score (nSPS) is 14.3. The van der Waals surface area contributed by atoms with Gasteiger partial charge in [0, 0.05) is 14.2 Å². The molecular formula is C12H17NO4. The van der Waals surface area contributed by atoms with Gasteiger partial charge in [0.05, 0.1) is 6.61 Å². The molecule has 5 heteroatoms. The van der Waals surface area contributed by atoms with Crippen LogP contribution < -0.4 is 5.73 Å². The van der Waals surface area contributed by atoms with E-state index < -0.39 is 12.0 Å². The number of hydrogen-bond donors (Lipinski definition) is 2. The first kappa shape index (κ1) is 13.6. The van der Waals surface area contributed by atoms with E-state index in [1.54, 1.807) is 32.4 Å². The fourth-order valence-corrected chi connectivity index (χ4v) is 1.55. The number of carbonyl (C=O) groups is 1. The summed E-state index contributed by atoms with van der Waals surface area (Å²) in [7, 11) is 3.16. The minimum absolute atomic E-state index is 0.221. The van der Waals surface area contributed by atoms with Crippen LogP contribution in [0.1, 0.15) is 23.3 Å². The second-order valence-electron chi connectivity index (χ2n) is 3.67. The lowest BCUT2D eigenvalue weighted by molar-refractivity contribution is -0.138. The summed E-state index contributed by atoms with van der Waals surface area (Å²) in [5.74, 6) is -1.05. The maximum atomic E-state index is 10.8. The average Bonchev–Trinajstić information content (AvgIpc) is 2.35. The summed E-state index contributed by atoms with van der Waals surface area (Å²) in [5, 5.41) is 8.84. The van der Waals surface area contributed by atoms with Gasteiger partial charge in [-0.15, -0.1) is 0 Å². The molecule has 0 heterocycles. The molecule has 0 radical (unpaired) electrons. The molecule has 0 spiro atoms. The number of carboxylic acids is 1. The Morgan fingerprint density at radius 1 is 1.41 bits per heavy atom. The molecule has 17 heavy (non-hydrogen) atoms. The van der Waals surface area contributed by atoms with E-state index in [1.165, 1.54) is 0 Å². The second-order valence-corrected chi connectivity index (χ2v) is 3.67. The lowest BCUT2D eigenvalue weighted by Crippen LogP contribution is -2.21. The van der Waals surface area contributed by atoms with E-state index >= 15 is 0 Å². The lowest BCUT2D eigenvalue weighted by Gasteiger charge is -2.16. The van der Waals surface area contributed by atoms with Gasteiger partial charge in [0.2, 0.25) is 0 Å². The molecule has 0 fully saturated rings. The molecule has 0 aliphatic carbocycles. The van der Waals surface area contributed by atoms with Crippen LogP contribution in [-0.2, 0) is 14.3 Å². The van der Waals surface area contributed by atoms with Crippen molar-refractivity contribution in [3.8, 4) is 0 Å². The first-order chi connectivity index (χ1) is 8.10. The Balaban J connectivity index is 2.95. The third kappa shape index (κ3) is 3.52. The summed E-state index contributed by atoms with van der Waals surface area (Å²) in [4.78, 5) is 10.8. The Morgan fingerprint density at radius 3 is 2.59 bits per heavy atom. The van der Waals surface area contributed by atoms with Gasteiger partial charge in [0.25, 0.3) is 0 Å². The zero-order valence-electron chi connectivity index (χ0n) is 9.92. The van der Waals surface area contributed by atoms with E-state index in [2.05, 4.69) is 0 Å². The maximum Gasteiger partial charge on any atom is 0.325 e. The highest BCUT2D eigenvalue weighted by molar-refractivity contribution is 5.75. The summed E-state index contributed by atoms with van der Waals surface area (Å²) in [5.41, 5.74) is 6.95. The van der Waals surface area contributed by atoms with Crippen LogP contribution in [0.15, 0.2) is 24.3 Å². The van der Waals surface area contributed by atoms with Crippen LogP contribution in [0.25, 0.3) is 0 Å². The maximum absolute atomic E-state index is 10.8. The van der Waals surface area contributed by atoms with Crippen molar-refractivity contribution in [3.05, 3.63) is 35.4 Å². The van der Waals surface area contributed by atoms with Crippen LogP contribution in [0.5, 0.6) is 0 Å². The molecule has 1 aromatic carbocycles. The number of rotatable bonds is 6. The van der Waals surface area contributed by atoms with Crippen molar-refractivity contribution >= 4 is 5.97 Å². The highest BCUT2D eigenvalue weighted by Gasteiger charge is 2.16. The van der Waals surface area contributed by atoms with E-state index in [1.807, 2.05) is 6.07 Å². The van der Waals surface area contributed by atoms with E-state index in [0.29, 0.717) is 12.2 Å². The number of ether oxygens (including phenoxy) is 2. The molecule has 0 aliphatic rings. The highest BCUT2D eigenvalue weighted by Crippen LogP contribution is 2.20. The van der Waals surface area contributed by atoms with E-state index in [4.69, 9.17) is 20.3 Å². The van der Waals surface area contributed by atoms with E-state index in [9.17, 15) is 4.79 Å². The molecule has 0 aromatic heterocycles. The van der Waals surface area contributed by atoms with Gasteiger partial charge in [-0.3, -0.25) is 4.79 Å². The van der Waals surface area contributed by atoms with Gasteiger partial charge < -0.3 is 20.3 Å². The minimum atomic E-state index is -1.05. The van der Waals surface area contributed by atoms with Crippen molar-refractivity contribution in [2.45, 2.75) is 12.1 Å². The van der Waals surface area contributed by atoms with Crippen LogP contribution in [0.3, 0.4) is 0 Å². The number of carboxylic acid groups (broad SMARTS) is 1. The summed E-state index contributed by atoms with van der Waals surface area (Å²) in [6, 6.07) is 6.00. The lowest BCUT2D eigenvalue weighted by atomic mass is 10.0. The fraction of sp³-hybridized carbons (Fsp3) is 0.417. The standard InChI is InChI=1S/C12H17NO4/c1-16-7-10(17-2)8-4-3-5-9(6-8)11(13)12(14)15/h3-6,10-11H,7,13H2,1-2H3,(H,14,15). The fourth-order valence-electron chi connectivity index (χ4n) is 1.55. The van der Waals surface area contributed by atoms with Crippen LogP contribution in [0, 0.1) is 0 Å². The molecule has 0 amide bonds. The van der Waals surface area contributed by atoms with Gasteiger partial charge in [0.1, 0.15) is 12.1 Å².